The molecule has 2 bridgehead atoms. The van der Waals surface area contributed by atoms with E-state index in [1.807, 2.05) is 6.92 Å². The molecule has 2 rings (SSSR count). The minimum Gasteiger partial charge on any atom is -0.211 e. The summed E-state index contributed by atoms with van der Waals surface area (Å²) in [6.07, 6.45) is 8.74. The summed E-state index contributed by atoms with van der Waals surface area (Å²) >= 11 is 0. The highest BCUT2D eigenvalue weighted by Gasteiger charge is 2.38. The standard InChI is InChI=1S/C10H13NO/c1-7(11-6-12)10-5-8-2-3-9(10)4-8/h2-3,7-10H,4-5H2,1H3. The molecule has 2 aliphatic carbocycles. The Morgan fingerprint density at radius 2 is 2.33 bits per heavy atom. The van der Waals surface area contributed by atoms with E-state index >= 15 is 0 Å². The van der Waals surface area contributed by atoms with Gasteiger partial charge in [0.2, 0.25) is 6.08 Å². The van der Waals surface area contributed by atoms with Gasteiger partial charge in [-0.2, -0.15) is 0 Å². The fourth-order valence-corrected chi connectivity index (χ4v) is 2.56. The Hall–Kier alpha value is -0.880. The molecule has 0 spiro atoms. The minimum atomic E-state index is 0.169. The molecule has 0 aliphatic heterocycles. The van der Waals surface area contributed by atoms with E-state index in [1.165, 1.54) is 12.8 Å². The number of hydrogen-bond donors (Lipinski definition) is 0. The van der Waals surface area contributed by atoms with E-state index in [4.69, 9.17) is 0 Å². The molecule has 0 N–H and O–H groups in total. The molecule has 2 heteroatoms. The summed E-state index contributed by atoms with van der Waals surface area (Å²) in [4.78, 5) is 13.9. The van der Waals surface area contributed by atoms with Gasteiger partial charge in [0.15, 0.2) is 0 Å². The van der Waals surface area contributed by atoms with E-state index in [2.05, 4.69) is 17.1 Å². The Balaban J connectivity index is 2.07. The van der Waals surface area contributed by atoms with Gasteiger partial charge in [-0.05, 0) is 37.5 Å². The molecule has 0 aromatic heterocycles. The average molecular weight is 163 g/mol. The van der Waals surface area contributed by atoms with Crippen LogP contribution in [0.4, 0.5) is 0 Å². The lowest BCUT2D eigenvalue weighted by molar-refractivity contribution is 0.382. The molecule has 0 aromatic rings. The van der Waals surface area contributed by atoms with Crippen LogP contribution in [0.3, 0.4) is 0 Å². The summed E-state index contributed by atoms with van der Waals surface area (Å²) in [5.74, 6) is 2.05. The molecule has 4 atom stereocenters. The van der Waals surface area contributed by atoms with E-state index in [-0.39, 0.29) is 6.04 Å². The van der Waals surface area contributed by atoms with Gasteiger partial charge in [-0.15, -0.1) is 0 Å². The third-order valence-electron chi connectivity index (χ3n) is 3.21. The molecule has 1 fully saturated rings. The lowest BCUT2D eigenvalue weighted by atomic mass is 9.88. The molecule has 0 radical (unpaired) electrons. The van der Waals surface area contributed by atoms with Crippen LogP contribution < -0.4 is 0 Å². The second-order valence-corrected chi connectivity index (χ2v) is 3.91. The zero-order valence-corrected chi connectivity index (χ0v) is 7.23. The monoisotopic (exact) mass is 163 g/mol. The van der Waals surface area contributed by atoms with Crippen molar-refractivity contribution in [3.63, 3.8) is 0 Å². The topological polar surface area (TPSA) is 29.4 Å². The Morgan fingerprint density at radius 3 is 2.83 bits per heavy atom. The summed E-state index contributed by atoms with van der Waals surface area (Å²) in [6, 6.07) is 0.169. The normalized spacial score (nSPS) is 39.6. The summed E-state index contributed by atoms with van der Waals surface area (Å²) in [5.41, 5.74) is 0. The van der Waals surface area contributed by atoms with Crippen molar-refractivity contribution >= 4 is 6.08 Å². The van der Waals surface area contributed by atoms with Crippen LogP contribution in [-0.2, 0) is 4.79 Å². The Bertz CT molecular complexity index is 253. The van der Waals surface area contributed by atoms with Gasteiger partial charge in [-0.25, -0.2) is 9.79 Å². The maximum atomic E-state index is 10.1. The molecule has 64 valence electrons. The van der Waals surface area contributed by atoms with Crippen molar-refractivity contribution in [3.05, 3.63) is 12.2 Å². The zero-order chi connectivity index (χ0) is 8.55. The molecule has 0 saturated heterocycles. The lowest BCUT2D eigenvalue weighted by Gasteiger charge is -2.20. The van der Waals surface area contributed by atoms with Crippen LogP contribution in [0, 0.1) is 17.8 Å². The zero-order valence-electron chi connectivity index (χ0n) is 7.23. The van der Waals surface area contributed by atoms with E-state index in [9.17, 15) is 4.79 Å². The number of allylic oxidation sites excluding steroid dienone is 2. The molecule has 1 saturated carbocycles. The highest BCUT2D eigenvalue weighted by Crippen LogP contribution is 2.45. The van der Waals surface area contributed by atoms with Crippen LogP contribution in [-0.4, -0.2) is 12.1 Å². The fraction of sp³-hybridized carbons (Fsp3) is 0.700. The Kier molecular flexibility index (Phi) is 1.86. The second-order valence-electron chi connectivity index (χ2n) is 3.91. The summed E-state index contributed by atoms with van der Waals surface area (Å²) in [7, 11) is 0. The van der Waals surface area contributed by atoms with E-state index < -0.39 is 0 Å². The molecular formula is C10H13NO. The number of rotatable bonds is 2. The molecule has 0 aromatic carbocycles. The SMILES string of the molecule is CC(N=C=O)C1CC2C=CC1C2. The smallest absolute Gasteiger partial charge is 0.211 e. The summed E-state index contributed by atoms with van der Waals surface area (Å²) in [6.45, 7) is 2.02. The first-order valence-corrected chi connectivity index (χ1v) is 4.56. The number of nitrogens with zero attached hydrogens (tertiary/aromatic N) is 1. The highest BCUT2D eigenvalue weighted by molar-refractivity contribution is 5.33. The lowest BCUT2D eigenvalue weighted by Crippen LogP contribution is -2.19. The van der Waals surface area contributed by atoms with Crippen molar-refractivity contribution in [1.82, 2.24) is 0 Å². The quantitative estimate of drug-likeness (QED) is 0.347. The first-order chi connectivity index (χ1) is 5.81. The molecule has 2 aliphatic rings. The predicted octanol–water partition coefficient (Wildman–Crippen LogP) is 1.92. The van der Waals surface area contributed by atoms with Crippen LogP contribution in [0.2, 0.25) is 0 Å². The van der Waals surface area contributed by atoms with Crippen LogP contribution in [0.5, 0.6) is 0 Å². The summed E-state index contributed by atoms with van der Waals surface area (Å²) < 4.78 is 0. The maximum absolute atomic E-state index is 10.1. The van der Waals surface area contributed by atoms with Crippen LogP contribution in [0.1, 0.15) is 19.8 Å². The predicted molar refractivity (Wildman–Crippen MR) is 46.4 cm³/mol. The second kappa shape index (κ2) is 2.87. The first kappa shape index (κ1) is 7.75. The Morgan fingerprint density at radius 1 is 1.50 bits per heavy atom. The van der Waals surface area contributed by atoms with Gasteiger partial charge < -0.3 is 0 Å². The highest BCUT2D eigenvalue weighted by atomic mass is 16.1. The number of aliphatic imine (C=N–C) groups is 1. The maximum Gasteiger partial charge on any atom is 0.235 e. The van der Waals surface area contributed by atoms with Crippen LogP contribution >= 0.6 is 0 Å². The Labute approximate surface area is 72.4 Å². The van der Waals surface area contributed by atoms with Gasteiger partial charge in [0.05, 0.1) is 6.04 Å². The van der Waals surface area contributed by atoms with E-state index in [0.717, 1.165) is 5.92 Å². The van der Waals surface area contributed by atoms with Gasteiger partial charge >= 0.3 is 0 Å². The number of carbonyl (C=O) groups excluding carboxylic acids is 1. The first-order valence-electron chi connectivity index (χ1n) is 4.56. The molecular weight excluding hydrogens is 150 g/mol. The van der Waals surface area contributed by atoms with Crippen molar-refractivity contribution in [2.75, 3.05) is 0 Å². The van der Waals surface area contributed by atoms with Gasteiger partial charge in [0.25, 0.3) is 0 Å². The van der Waals surface area contributed by atoms with Crippen LogP contribution in [0.25, 0.3) is 0 Å². The van der Waals surface area contributed by atoms with Crippen LogP contribution in [0.15, 0.2) is 17.1 Å². The number of hydrogen-bond acceptors (Lipinski definition) is 2. The van der Waals surface area contributed by atoms with Gasteiger partial charge in [-0.1, -0.05) is 12.2 Å². The van der Waals surface area contributed by atoms with Crippen molar-refractivity contribution in [1.29, 1.82) is 0 Å². The number of isocyanates is 1. The molecule has 4 unspecified atom stereocenters. The fourth-order valence-electron chi connectivity index (χ4n) is 2.56. The average Bonchev–Trinajstić information content (AvgIpc) is 2.64. The van der Waals surface area contributed by atoms with Crippen molar-refractivity contribution < 1.29 is 4.79 Å². The van der Waals surface area contributed by atoms with Gasteiger partial charge in [0, 0.05) is 0 Å². The largest absolute Gasteiger partial charge is 0.235 e. The van der Waals surface area contributed by atoms with Gasteiger partial charge in [0.1, 0.15) is 0 Å². The minimum absolute atomic E-state index is 0.169. The summed E-state index contributed by atoms with van der Waals surface area (Å²) in [5, 5.41) is 0. The van der Waals surface area contributed by atoms with Gasteiger partial charge in [-0.3, -0.25) is 0 Å². The van der Waals surface area contributed by atoms with Crippen molar-refractivity contribution in [3.8, 4) is 0 Å². The molecule has 2 nitrogen and oxygen atoms in total. The van der Waals surface area contributed by atoms with Crippen molar-refractivity contribution in [2.45, 2.75) is 25.8 Å². The van der Waals surface area contributed by atoms with E-state index in [1.54, 1.807) is 6.08 Å². The third kappa shape index (κ3) is 1.12. The molecule has 0 heterocycles. The molecule has 0 amide bonds. The third-order valence-corrected chi connectivity index (χ3v) is 3.21. The van der Waals surface area contributed by atoms with E-state index in [0.29, 0.717) is 11.8 Å². The van der Waals surface area contributed by atoms with Crippen molar-refractivity contribution in [2.24, 2.45) is 22.7 Å². The molecule has 12 heavy (non-hydrogen) atoms. The number of fused-ring (bicyclic) bond motifs is 2.